The normalized spacial score (nSPS) is 10.9. The number of carbonyl (C=O) groups excluding carboxylic acids is 1. The number of hydrogen-bond acceptors (Lipinski definition) is 2. The summed E-state index contributed by atoms with van der Waals surface area (Å²) in [6, 6.07) is 11.8. The van der Waals surface area contributed by atoms with Gasteiger partial charge >= 0.3 is 0 Å². The van der Waals surface area contributed by atoms with Crippen LogP contribution in [0.1, 0.15) is 23.0 Å². The maximum absolute atomic E-state index is 12.3. The molecule has 0 aliphatic carbocycles. The molecular formula is C16H19N3O. The van der Waals surface area contributed by atoms with Crippen LogP contribution in [0.25, 0.3) is 6.08 Å². The molecule has 0 atom stereocenters. The summed E-state index contributed by atoms with van der Waals surface area (Å²) < 4.78 is 1.71. The van der Waals surface area contributed by atoms with Gasteiger partial charge in [0.15, 0.2) is 0 Å². The Hall–Kier alpha value is -2.36. The Morgan fingerprint density at radius 1 is 1.30 bits per heavy atom. The second-order valence-electron chi connectivity index (χ2n) is 4.53. The number of amides is 1. The number of carbonyl (C=O) groups is 1. The van der Waals surface area contributed by atoms with Gasteiger partial charge in [-0.1, -0.05) is 42.5 Å². The van der Waals surface area contributed by atoms with Gasteiger partial charge < -0.3 is 4.90 Å². The van der Waals surface area contributed by atoms with E-state index in [1.54, 1.807) is 28.9 Å². The number of aryl methyl sites for hydroxylation is 1. The second-order valence-corrected chi connectivity index (χ2v) is 4.53. The van der Waals surface area contributed by atoms with Crippen molar-refractivity contribution in [2.45, 2.75) is 13.5 Å². The fourth-order valence-corrected chi connectivity index (χ4v) is 1.96. The van der Waals surface area contributed by atoms with Crippen molar-refractivity contribution in [3.63, 3.8) is 0 Å². The molecule has 20 heavy (non-hydrogen) atoms. The van der Waals surface area contributed by atoms with Crippen molar-refractivity contribution in [1.29, 1.82) is 0 Å². The molecule has 4 heteroatoms. The maximum Gasteiger partial charge on any atom is 0.272 e. The topological polar surface area (TPSA) is 38.1 Å². The molecule has 0 N–H and O–H groups in total. The van der Waals surface area contributed by atoms with Crippen molar-refractivity contribution in [2.24, 2.45) is 0 Å². The fraction of sp³-hybridized carbons (Fsp3) is 0.250. The van der Waals surface area contributed by atoms with E-state index >= 15 is 0 Å². The molecule has 0 spiro atoms. The first-order chi connectivity index (χ1) is 9.72. The van der Waals surface area contributed by atoms with Crippen molar-refractivity contribution in [2.75, 3.05) is 13.6 Å². The first-order valence-electron chi connectivity index (χ1n) is 6.71. The van der Waals surface area contributed by atoms with E-state index < -0.39 is 0 Å². The Morgan fingerprint density at radius 3 is 2.75 bits per heavy atom. The second kappa shape index (κ2) is 6.70. The van der Waals surface area contributed by atoms with Gasteiger partial charge in [-0.25, -0.2) is 0 Å². The molecule has 0 aliphatic rings. The van der Waals surface area contributed by atoms with Gasteiger partial charge in [-0.15, -0.1) is 0 Å². The molecule has 1 heterocycles. The fourth-order valence-electron chi connectivity index (χ4n) is 1.96. The van der Waals surface area contributed by atoms with Crippen molar-refractivity contribution >= 4 is 12.0 Å². The van der Waals surface area contributed by atoms with Crippen LogP contribution in [0.2, 0.25) is 0 Å². The molecule has 1 aromatic heterocycles. The number of hydrogen-bond donors (Lipinski definition) is 0. The molecular weight excluding hydrogens is 250 g/mol. The van der Waals surface area contributed by atoms with E-state index in [9.17, 15) is 4.79 Å². The van der Waals surface area contributed by atoms with Crippen LogP contribution < -0.4 is 0 Å². The van der Waals surface area contributed by atoms with Crippen LogP contribution in [0.15, 0.2) is 48.7 Å². The number of benzene rings is 1. The van der Waals surface area contributed by atoms with Gasteiger partial charge in [0.1, 0.15) is 5.69 Å². The minimum Gasteiger partial charge on any atom is -0.337 e. The molecule has 4 nitrogen and oxygen atoms in total. The van der Waals surface area contributed by atoms with Crippen LogP contribution in [0.5, 0.6) is 0 Å². The third kappa shape index (κ3) is 3.35. The van der Waals surface area contributed by atoms with Gasteiger partial charge in [0.05, 0.1) is 0 Å². The lowest BCUT2D eigenvalue weighted by Gasteiger charge is -2.15. The van der Waals surface area contributed by atoms with E-state index in [0.29, 0.717) is 18.8 Å². The van der Waals surface area contributed by atoms with Gasteiger partial charge in [-0.2, -0.15) is 5.10 Å². The van der Waals surface area contributed by atoms with E-state index in [2.05, 4.69) is 5.10 Å². The minimum atomic E-state index is -0.0120. The van der Waals surface area contributed by atoms with Gasteiger partial charge in [-0.05, 0) is 18.6 Å². The third-order valence-corrected chi connectivity index (χ3v) is 3.07. The summed E-state index contributed by atoms with van der Waals surface area (Å²) in [4.78, 5) is 13.9. The summed E-state index contributed by atoms with van der Waals surface area (Å²) in [5, 5.41) is 4.12. The highest BCUT2D eigenvalue weighted by Crippen LogP contribution is 2.05. The predicted octanol–water partition coefficient (Wildman–Crippen LogP) is 2.69. The van der Waals surface area contributed by atoms with Crippen LogP contribution in [-0.4, -0.2) is 34.2 Å². The van der Waals surface area contributed by atoms with Gasteiger partial charge in [-0.3, -0.25) is 9.48 Å². The number of likely N-dealkylation sites (N-methyl/N-ethyl adjacent to an activating group) is 1. The zero-order valence-electron chi connectivity index (χ0n) is 11.9. The minimum absolute atomic E-state index is 0.0120. The SMILES string of the molecule is CCn1nccc1C(=O)N(C)CC=Cc1ccccc1. The van der Waals surface area contributed by atoms with Crippen molar-refractivity contribution in [3.8, 4) is 0 Å². The van der Waals surface area contributed by atoms with Crippen LogP contribution in [0, 0.1) is 0 Å². The standard InChI is InChI=1S/C16H19N3O/c1-3-19-15(11-12-17-19)16(20)18(2)13-7-10-14-8-5-4-6-9-14/h4-12H,3,13H2,1-2H3. The largest absolute Gasteiger partial charge is 0.337 e. The molecule has 0 unspecified atom stereocenters. The molecule has 0 saturated heterocycles. The van der Waals surface area contributed by atoms with E-state index in [-0.39, 0.29) is 5.91 Å². The van der Waals surface area contributed by atoms with Crippen LogP contribution in [0.4, 0.5) is 0 Å². The molecule has 1 amide bonds. The van der Waals surface area contributed by atoms with Crippen molar-refractivity contribution < 1.29 is 4.79 Å². The molecule has 0 bridgehead atoms. The number of aromatic nitrogens is 2. The molecule has 2 rings (SSSR count). The first kappa shape index (κ1) is 14.1. The summed E-state index contributed by atoms with van der Waals surface area (Å²) in [6.45, 7) is 3.24. The molecule has 2 aromatic rings. The first-order valence-corrected chi connectivity index (χ1v) is 6.71. The molecule has 0 fully saturated rings. The summed E-state index contributed by atoms with van der Waals surface area (Å²) in [5.41, 5.74) is 1.76. The average molecular weight is 269 g/mol. The summed E-state index contributed by atoms with van der Waals surface area (Å²) >= 11 is 0. The van der Waals surface area contributed by atoms with E-state index in [4.69, 9.17) is 0 Å². The monoisotopic (exact) mass is 269 g/mol. The van der Waals surface area contributed by atoms with Crippen molar-refractivity contribution in [3.05, 3.63) is 59.9 Å². The molecule has 1 aromatic carbocycles. The van der Waals surface area contributed by atoms with E-state index in [1.165, 1.54) is 0 Å². The zero-order valence-corrected chi connectivity index (χ0v) is 11.9. The summed E-state index contributed by atoms with van der Waals surface area (Å²) in [7, 11) is 1.80. The molecule has 0 saturated carbocycles. The highest BCUT2D eigenvalue weighted by molar-refractivity contribution is 5.92. The van der Waals surface area contributed by atoms with Gasteiger partial charge in [0.2, 0.25) is 0 Å². The third-order valence-electron chi connectivity index (χ3n) is 3.07. The highest BCUT2D eigenvalue weighted by Gasteiger charge is 2.14. The lowest BCUT2D eigenvalue weighted by Crippen LogP contribution is -2.29. The average Bonchev–Trinajstić information content (AvgIpc) is 2.96. The molecule has 0 radical (unpaired) electrons. The summed E-state index contributed by atoms with van der Waals surface area (Å²) in [5.74, 6) is -0.0120. The van der Waals surface area contributed by atoms with E-state index in [0.717, 1.165) is 5.56 Å². The number of rotatable bonds is 5. The Bertz CT molecular complexity index is 587. The van der Waals surface area contributed by atoms with Crippen LogP contribution in [0.3, 0.4) is 0 Å². The van der Waals surface area contributed by atoms with Gasteiger partial charge in [0, 0.05) is 26.3 Å². The van der Waals surface area contributed by atoms with E-state index in [1.807, 2.05) is 49.4 Å². The van der Waals surface area contributed by atoms with Gasteiger partial charge in [0.25, 0.3) is 5.91 Å². The lowest BCUT2D eigenvalue weighted by atomic mass is 10.2. The summed E-state index contributed by atoms with van der Waals surface area (Å²) in [6.07, 6.45) is 5.66. The smallest absolute Gasteiger partial charge is 0.272 e. The van der Waals surface area contributed by atoms with Crippen LogP contribution in [-0.2, 0) is 6.54 Å². The lowest BCUT2D eigenvalue weighted by molar-refractivity contribution is 0.0798. The quantitative estimate of drug-likeness (QED) is 0.837. The molecule has 0 aliphatic heterocycles. The Morgan fingerprint density at radius 2 is 2.05 bits per heavy atom. The Labute approximate surface area is 119 Å². The zero-order chi connectivity index (χ0) is 14.4. The Balaban J connectivity index is 1.97. The van der Waals surface area contributed by atoms with Crippen molar-refractivity contribution in [1.82, 2.24) is 14.7 Å². The van der Waals surface area contributed by atoms with Crippen LogP contribution >= 0.6 is 0 Å². The maximum atomic E-state index is 12.3. The predicted molar refractivity (Wildman–Crippen MR) is 80.3 cm³/mol. The molecule has 104 valence electrons. The highest BCUT2D eigenvalue weighted by atomic mass is 16.2. The Kier molecular flexibility index (Phi) is 4.71. The number of nitrogens with zero attached hydrogens (tertiary/aromatic N) is 3.